The Balaban J connectivity index is 2.21. The summed E-state index contributed by atoms with van der Waals surface area (Å²) in [5, 5.41) is 0. The summed E-state index contributed by atoms with van der Waals surface area (Å²) in [6, 6.07) is 11.7. The minimum Gasteiger partial charge on any atom is -0.301 e. The SMILES string of the molecule is CC(C)N1CCC(c2ccccc2)(N(C)C)CC1. The Kier molecular flexibility index (Phi) is 4.08. The highest BCUT2D eigenvalue weighted by atomic mass is 15.2. The second kappa shape index (κ2) is 5.41. The third-order valence-electron chi connectivity index (χ3n) is 4.52. The van der Waals surface area contributed by atoms with Gasteiger partial charge in [-0.05, 0) is 46.3 Å². The molecule has 18 heavy (non-hydrogen) atoms. The Bertz CT molecular complexity index is 362. The van der Waals surface area contributed by atoms with Crippen molar-refractivity contribution < 1.29 is 0 Å². The molecule has 0 bridgehead atoms. The van der Waals surface area contributed by atoms with Crippen LogP contribution in [-0.2, 0) is 5.54 Å². The molecule has 1 aromatic carbocycles. The van der Waals surface area contributed by atoms with Crippen LogP contribution < -0.4 is 0 Å². The van der Waals surface area contributed by atoms with Crippen molar-refractivity contribution >= 4 is 0 Å². The molecular formula is C16H26N2. The highest BCUT2D eigenvalue weighted by molar-refractivity contribution is 5.25. The average molecular weight is 246 g/mol. The molecule has 0 spiro atoms. The Hall–Kier alpha value is -0.860. The number of rotatable bonds is 3. The lowest BCUT2D eigenvalue weighted by atomic mass is 9.79. The summed E-state index contributed by atoms with van der Waals surface area (Å²) in [6.07, 6.45) is 2.45. The fourth-order valence-corrected chi connectivity index (χ4v) is 3.15. The number of piperidine rings is 1. The normalized spacial score (nSPS) is 20.6. The van der Waals surface area contributed by atoms with Crippen molar-refractivity contribution in [1.82, 2.24) is 9.80 Å². The smallest absolute Gasteiger partial charge is 0.0479 e. The molecule has 2 heteroatoms. The molecule has 100 valence electrons. The highest BCUT2D eigenvalue weighted by Crippen LogP contribution is 2.37. The zero-order valence-electron chi connectivity index (χ0n) is 12.2. The predicted octanol–water partition coefficient (Wildman–Crippen LogP) is 2.95. The lowest BCUT2D eigenvalue weighted by Crippen LogP contribution is -2.51. The van der Waals surface area contributed by atoms with Gasteiger partial charge in [-0.25, -0.2) is 0 Å². The van der Waals surface area contributed by atoms with Crippen LogP contribution in [0.25, 0.3) is 0 Å². The summed E-state index contributed by atoms with van der Waals surface area (Å²) in [7, 11) is 4.44. The predicted molar refractivity (Wildman–Crippen MR) is 77.8 cm³/mol. The fraction of sp³-hybridized carbons (Fsp3) is 0.625. The minimum absolute atomic E-state index is 0.229. The van der Waals surface area contributed by atoms with Crippen LogP contribution >= 0.6 is 0 Å². The Morgan fingerprint density at radius 2 is 1.61 bits per heavy atom. The molecule has 0 unspecified atom stereocenters. The number of hydrogen-bond acceptors (Lipinski definition) is 2. The van der Waals surface area contributed by atoms with Gasteiger partial charge in [-0.2, -0.15) is 0 Å². The monoisotopic (exact) mass is 246 g/mol. The third-order valence-corrected chi connectivity index (χ3v) is 4.52. The highest BCUT2D eigenvalue weighted by Gasteiger charge is 2.38. The summed E-state index contributed by atoms with van der Waals surface area (Å²) < 4.78 is 0. The van der Waals surface area contributed by atoms with Crippen LogP contribution in [0.3, 0.4) is 0 Å². The summed E-state index contributed by atoms with van der Waals surface area (Å²) >= 11 is 0. The van der Waals surface area contributed by atoms with E-state index in [1.54, 1.807) is 0 Å². The van der Waals surface area contributed by atoms with Crippen LogP contribution in [-0.4, -0.2) is 43.0 Å². The molecule has 1 saturated heterocycles. The van der Waals surface area contributed by atoms with Gasteiger partial charge in [-0.15, -0.1) is 0 Å². The van der Waals surface area contributed by atoms with Crippen molar-refractivity contribution in [3.8, 4) is 0 Å². The topological polar surface area (TPSA) is 6.48 Å². The van der Waals surface area contributed by atoms with Crippen LogP contribution in [0.1, 0.15) is 32.3 Å². The summed E-state index contributed by atoms with van der Waals surface area (Å²) in [5.74, 6) is 0. The largest absolute Gasteiger partial charge is 0.301 e. The van der Waals surface area contributed by atoms with E-state index < -0.39 is 0 Å². The molecule has 0 radical (unpaired) electrons. The van der Waals surface area contributed by atoms with Crippen LogP contribution in [0.4, 0.5) is 0 Å². The molecular weight excluding hydrogens is 220 g/mol. The standard InChI is InChI=1S/C16H26N2/c1-14(2)18-12-10-16(11-13-18,17(3)4)15-8-6-5-7-9-15/h5-9,14H,10-13H2,1-4H3. The van der Waals surface area contributed by atoms with Crippen molar-refractivity contribution in [1.29, 1.82) is 0 Å². The quantitative estimate of drug-likeness (QED) is 0.809. The van der Waals surface area contributed by atoms with Gasteiger partial charge in [-0.1, -0.05) is 30.3 Å². The molecule has 0 amide bonds. The van der Waals surface area contributed by atoms with E-state index in [-0.39, 0.29) is 5.54 Å². The molecule has 1 aliphatic heterocycles. The second-order valence-electron chi connectivity index (χ2n) is 5.92. The van der Waals surface area contributed by atoms with Crippen molar-refractivity contribution in [2.45, 2.75) is 38.3 Å². The first-order valence-electron chi connectivity index (χ1n) is 7.03. The van der Waals surface area contributed by atoms with E-state index in [4.69, 9.17) is 0 Å². The number of nitrogens with zero attached hydrogens (tertiary/aromatic N) is 2. The van der Waals surface area contributed by atoms with Crippen molar-refractivity contribution in [3.05, 3.63) is 35.9 Å². The van der Waals surface area contributed by atoms with E-state index >= 15 is 0 Å². The van der Waals surface area contributed by atoms with Gasteiger partial charge >= 0.3 is 0 Å². The Morgan fingerprint density at radius 3 is 2.06 bits per heavy atom. The van der Waals surface area contributed by atoms with E-state index in [1.807, 2.05) is 0 Å². The minimum atomic E-state index is 0.229. The van der Waals surface area contributed by atoms with Gasteiger partial charge in [0.05, 0.1) is 0 Å². The molecule has 0 saturated carbocycles. The van der Waals surface area contributed by atoms with Crippen LogP contribution in [0, 0.1) is 0 Å². The molecule has 2 rings (SSSR count). The van der Waals surface area contributed by atoms with Gasteiger partial charge in [0.1, 0.15) is 0 Å². The van der Waals surface area contributed by atoms with E-state index in [0.29, 0.717) is 6.04 Å². The van der Waals surface area contributed by atoms with Crippen molar-refractivity contribution in [2.24, 2.45) is 0 Å². The lowest BCUT2D eigenvalue weighted by Gasteiger charge is -2.47. The van der Waals surface area contributed by atoms with Crippen LogP contribution in [0.15, 0.2) is 30.3 Å². The van der Waals surface area contributed by atoms with Gasteiger partial charge in [0.25, 0.3) is 0 Å². The molecule has 0 aliphatic carbocycles. The van der Waals surface area contributed by atoms with E-state index in [2.05, 4.69) is 68.1 Å². The Labute approximate surface area is 112 Å². The van der Waals surface area contributed by atoms with Gasteiger partial charge in [0.15, 0.2) is 0 Å². The first-order chi connectivity index (χ1) is 8.56. The second-order valence-corrected chi connectivity index (χ2v) is 5.92. The summed E-state index contributed by atoms with van der Waals surface area (Å²) in [5.41, 5.74) is 1.70. The van der Waals surface area contributed by atoms with E-state index in [0.717, 1.165) is 0 Å². The molecule has 2 nitrogen and oxygen atoms in total. The lowest BCUT2D eigenvalue weighted by molar-refractivity contribution is 0.0414. The third kappa shape index (κ3) is 2.45. The molecule has 1 aromatic rings. The van der Waals surface area contributed by atoms with Gasteiger partial charge < -0.3 is 4.90 Å². The molecule has 1 fully saturated rings. The maximum atomic E-state index is 2.59. The van der Waals surface area contributed by atoms with Gasteiger partial charge in [0.2, 0.25) is 0 Å². The maximum Gasteiger partial charge on any atom is 0.0479 e. The zero-order chi connectivity index (χ0) is 13.2. The van der Waals surface area contributed by atoms with Crippen LogP contribution in [0.2, 0.25) is 0 Å². The van der Waals surface area contributed by atoms with E-state index in [9.17, 15) is 0 Å². The average Bonchev–Trinajstić information content (AvgIpc) is 2.39. The Morgan fingerprint density at radius 1 is 1.06 bits per heavy atom. The molecule has 0 N–H and O–H groups in total. The zero-order valence-corrected chi connectivity index (χ0v) is 12.2. The molecule has 1 aliphatic rings. The molecule has 1 heterocycles. The van der Waals surface area contributed by atoms with Gasteiger partial charge in [-0.3, -0.25) is 4.90 Å². The summed E-state index contributed by atoms with van der Waals surface area (Å²) in [6.45, 7) is 6.99. The molecule has 0 aromatic heterocycles. The first-order valence-corrected chi connectivity index (χ1v) is 7.03. The number of benzene rings is 1. The summed E-state index contributed by atoms with van der Waals surface area (Å²) in [4.78, 5) is 5.00. The molecule has 0 atom stereocenters. The van der Waals surface area contributed by atoms with Crippen molar-refractivity contribution in [2.75, 3.05) is 27.2 Å². The van der Waals surface area contributed by atoms with Gasteiger partial charge in [0, 0.05) is 24.7 Å². The number of hydrogen-bond donors (Lipinski definition) is 0. The fourth-order valence-electron chi connectivity index (χ4n) is 3.15. The number of likely N-dealkylation sites (tertiary alicyclic amines) is 1. The van der Waals surface area contributed by atoms with Crippen molar-refractivity contribution in [3.63, 3.8) is 0 Å². The first kappa shape index (κ1) is 13.6. The maximum absolute atomic E-state index is 2.59. The van der Waals surface area contributed by atoms with Crippen LogP contribution in [0.5, 0.6) is 0 Å². The van der Waals surface area contributed by atoms with E-state index in [1.165, 1.54) is 31.5 Å².